The van der Waals surface area contributed by atoms with Gasteiger partial charge in [0.25, 0.3) is 0 Å². The number of carbonyl (C=O) groups excluding carboxylic acids is 1. The number of aromatic nitrogens is 1. The highest BCUT2D eigenvalue weighted by Gasteiger charge is 2.47. The maximum atomic E-state index is 14.9. The molecule has 2 fully saturated rings. The Morgan fingerprint density at radius 1 is 1.21 bits per heavy atom. The van der Waals surface area contributed by atoms with Crippen LogP contribution >= 0.6 is 0 Å². The van der Waals surface area contributed by atoms with E-state index in [0.717, 1.165) is 36.2 Å². The topological polar surface area (TPSA) is 99.9 Å². The van der Waals surface area contributed by atoms with Crippen molar-refractivity contribution in [1.82, 2.24) is 4.98 Å². The number of ketones is 1. The number of nitriles is 1. The summed E-state index contributed by atoms with van der Waals surface area (Å²) in [6.45, 7) is 0. The lowest BCUT2D eigenvalue weighted by atomic mass is 9.97. The van der Waals surface area contributed by atoms with Crippen molar-refractivity contribution in [2.24, 2.45) is 11.3 Å². The Hall–Kier alpha value is -3.12. The summed E-state index contributed by atoms with van der Waals surface area (Å²) in [5, 5.41) is 9.12. The molecule has 0 amide bonds. The van der Waals surface area contributed by atoms with E-state index in [9.17, 15) is 22.0 Å². The molecule has 2 saturated carbocycles. The number of anilines is 1. The zero-order valence-electron chi connectivity index (χ0n) is 17.7. The Kier molecular flexibility index (Phi) is 5.09. The van der Waals surface area contributed by atoms with Crippen LogP contribution in [0.5, 0.6) is 0 Å². The molecular formula is C24H21F2N3O3S. The molecule has 0 atom stereocenters. The Morgan fingerprint density at radius 2 is 1.91 bits per heavy atom. The smallest absolute Gasteiger partial charge is 0.234 e. The lowest BCUT2D eigenvalue weighted by Gasteiger charge is -2.15. The number of rotatable bonds is 8. The fourth-order valence-electron chi connectivity index (χ4n) is 4.17. The third kappa shape index (κ3) is 4.40. The average molecular weight is 470 g/mol. The van der Waals surface area contributed by atoms with Crippen molar-refractivity contribution >= 4 is 27.6 Å². The molecule has 3 aliphatic carbocycles. The van der Waals surface area contributed by atoms with Gasteiger partial charge in [0.2, 0.25) is 10.0 Å². The maximum Gasteiger partial charge on any atom is 0.234 e. The summed E-state index contributed by atoms with van der Waals surface area (Å²) in [5.74, 6) is -2.41. The zero-order chi connectivity index (χ0) is 23.4. The number of sulfonamides is 1. The predicted octanol–water partition coefficient (Wildman–Crippen LogP) is 4.16. The van der Waals surface area contributed by atoms with Gasteiger partial charge in [-0.25, -0.2) is 17.2 Å². The van der Waals surface area contributed by atoms with Gasteiger partial charge in [-0.15, -0.1) is 0 Å². The third-order valence-electron chi connectivity index (χ3n) is 6.34. The highest BCUT2D eigenvalue weighted by atomic mass is 32.2. The number of fused-ring (bicyclic) bond motifs is 1. The third-order valence-corrected chi connectivity index (χ3v) is 7.79. The lowest BCUT2D eigenvalue weighted by molar-refractivity contribution is -0.119. The first-order chi connectivity index (χ1) is 15.7. The first-order valence-electron chi connectivity index (χ1n) is 10.8. The molecule has 0 aliphatic heterocycles. The van der Waals surface area contributed by atoms with Crippen molar-refractivity contribution in [3.05, 3.63) is 52.9 Å². The molecule has 6 nitrogen and oxygen atoms in total. The van der Waals surface area contributed by atoms with Crippen LogP contribution < -0.4 is 4.72 Å². The molecule has 0 saturated heterocycles. The second-order valence-corrected chi connectivity index (χ2v) is 10.8. The normalized spacial score (nSPS) is 18.0. The van der Waals surface area contributed by atoms with Gasteiger partial charge >= 0.3 is 0 Å². The van der Waals surface area contributed by atoms with Gasteiger partial charge in [0, 0.05) is 30.0 Å². The van der Waals surface area contributed by atoms with E-state index in [-0.39, 0.29) is 23.7 Å². The van der Waals surface area contributed by atoms with E-state index in [1.54, 1.807) is 6.07 Å². The summed E-state index contributed by atoms with van der Waals surface area (Å²) >= 11 is 0. The first kappa shape index (κ1) is 21.7. The molecular weight excluding hydrogens is 448 g/mol. The largest absolute Gasteiger partial charge is 0.299 e. The fourth-order valence-corrected chi connectivity index (χ4v) is 5.83. The lowest BCUT2D eigenvalue weighted by Crippen LogP contribution is -2.24. The number of nitrogens with one attached hydrogen (secondary N) is 1. The summed E-state index contributed by atoms with van der Waals surface area (Å²) in [4.78, 5) is 16.8. The molecule has 0 unspecified atom stereocenters. The zero-order valence-corrected chi connectivity index (χ0v) is 18.5. The highest BCUT2D eigenvalue weighted by Crippen LogP contribution is 2.46. The van der Waals surface area contributed by atoms with Gasteiger partial charge in [-0.2, -0.15) is 5.26 Å². The van der Waals surface area contributed by atoms with Crippen molar-refractivity contribution in [3.63, 3.8) is 0 Å². The van der Waals surface area contributed by atoms with E-state index in [0.29, 0.717) is 30.5 Å². The van der Waals surface area contributed by atoms with Crippen molar-refractivity contribution in [3.8, 4) is 17.2 Å². The molecule has 3 aliphatic rings. The minimum atomic E-state index is -4.11. The van der Waals surface area contributed by atoms with Crippen molar-refractivity contribution < 1.29 is 22.0 Å². The molecule has 5 rings (SSSR count). The molecule has 9 heteroatoms. The van der Waals surface area contributed by atoms with E-state index < -0.39 is 38.5 Å². The molecule has 1 N–H and O–H groups in total. The Bertz CT molecular complexity index is 1330. The molecule has 0 radical (unpaired) electrons. The van der Waals surface area contributed by atoms with Crippen LogP contribution in [-0.2, 0) is 27.7 Å². The molecule has 1 aromatic carbocycles. The van der Waals surface area contributed by atoms with Crippen LogP contribution in [0.25, 0.3) is 17.2 Å². The van der Waals surface area contributed by atoms with E-state index in [4.69, 9.17) is 5.26 Å². The summed E-state index contributed by atoms with van der Waals surface area (Å²) in [6, 6.07) is 5.79. The standard InChI is InChI=1S/C24H21F2N3O3S/c25-19-8-15(9-20(26)23(19)29-33(31,32)13-24(12-27)6-7-24)18-10-16(11-22(30)14-4-5-14)28-21-3-1-2-17(18)21/h1-2,8-10,14,29H,3-7,11,13H2. The minimum absolute atomic E-state index is 0.0830. The van der Waals surface area contributed by atoms with Crippen molar-refractivity contribution in [2.75, 3.05) is 10.5 Å². The second-order valence-electron chi connectivity index (χ2n) is 9.11. The molecule has 170 valence electrons. The van der Waals surface area contributed by atoms with Crippen LogP contribution in [0.4, 0.5) is 14.5 Å². The van der Waals surface area contributed by atoms with Crippen molar-refractivity contribution in [2.45, 2.75) is 38.5 Å². The highest BCUT2D eigenvalue weighted by molar-refractivity contribution is 7.92. The van der Waals surface area contributed by atoms with E-state index in [1.165, 1.54) is 0 Å². The van der Waals surface area contributed by atoms with Crippen molar-refractivity contribution in [1.29, 1.82) is 5.26 Å². The molecule has 1 heterocycles. The number of hydrogen-bond donors (Lipinski definition) is 1. The number of hydrogen-bond acceptors (Lipinski definition) is 5. The molecule has 2 aromatic rings. The van der Waals surface area contributed by atoms with Gasteiger partial charge in [0.1, 0.15) is 11.5 Å². The number of halogens is 2. The molecule has 0 spiro atoms. The summed E-state index contributed by atoms with van der Waals surface area (Å²) in [7, 11) is -4.11. The summed E-state index contributed by atoms with van der Waals surface area (Å²) in [5.41, 5.74) is 1.06. The molecule has 33 heavy (non-hydrogen) atoms. The number of pyridine rings is 1. The molecule has 1 aromatic heterocycles. The molecule has 0 bridgehead atoms. The fraction of sp³-hybridized carbons (Fsp3) is 0.375. The number of carbonyl (C=O) groups is 1. The second kappa shape index (κ2) is 7.73. The van der Waals surface area contributed by atoms with Gasteiger partial charge < -0.3 is 0 Å². The van der Waals surface area contributed by atoms with Gasteiger partial charge in [-0.05, 0) is 55.0 Å². The Morgan fingerprint density at radius 3 is 2.52 bits per heavy atom. The monoisotopic (exact) mass is 469 g/mol. The average Bonchev–Trinajstić information content (AvgIpc) is 3.68. The van der Waals surface area contributed by atoms with Gasteiger partial charge in [0.15, 0.2) is 11.6 Å². The quantitative estimate of drug-likeness (QED) is 0.626. The van der Waals surface area contributed by atoms with Gasteiger partial charge in [-0.1, -0.05) is 12.2 Å². The van der Waals surface area contributed by atoms with Gasteiger partial charge in [-0.3, -0.25) is 14.5 Å². The minimum Gasteiger partial charge on any atom is -0.299 e. The van der Waals surface area contributed by atoms with Gasteiger partial charge in [0.05, 0.1) is 22.9 Å². The van der Waals surface area contributed by atoms with Crippen LogP contribution in [-0.4, -0.2) is 24.9 Å². The number of allylic oxidation sites excluding steroid dienone is 1. The van der Waals surface area contributed by atoms with Crippen LogP contribution in [0.2, 0.25) is 0 Å². The first-order valence-corrected chi connectivity index (χ1v) is 12.5. The number of benzene rings is 1. The predicted molar refractivity (Wildman–Crippen MR) is 118 cm³/mol. The van der Waals surface area contributed by atoms with Crippen LogP contribution in [0.3, 0.4) is 0 Å². The summed E-state index contributed by atoms with van der Waals surface area (Å²) < 4.78 is 56.6. The summed E-state index contributed by atoms with van der Waals surface area (Å²) in [6.07, 6.45) is 7.13. The number of nitrogens with zero attached hydrogens (tertiary/aromatic N) is 2. The Labute approximate surface area is 190 Å². The van der Waals surface area contributed by atoms with E-state index >= 15 is 0 Å². The van der Waals surface area contributed by atoms with Crippen LogP contribution in [0, 0.1) is 34.3 Å². The maximum absolute atomic E-state index is 14.9. The van der Waals surface area contributed by atoms with Crippen LogP contribution in [0.15, 0.2) is 24.3 Å². The number of Topliss-reactive ketones (excluding diaryl/α,β-unsaturated/α-hetero) is 1. The SMILES string of the molecule is N#CC1(CS(=O)(=O)Nc2c(F)cc(-c3cc(CC(=O)C4CC4)nc4c3C=CC4)cc2F)CC1. The van der Waals surface area contributed by atoms with Crippen LogP contribution in [0.1, 0.15) is 42.6 Å². The van der Waals surface area contributed by atoms with E-state index in [1.807, 2.05) is 22.9 Å². The Balaban J connectivity index is 1.47. The van der Waals surface area contributed by atoms with E-state index in [2.05, 4.69) is 4.98 Å².